The third kappa shape index (κ3) is 4.54. The Labute approximate surface area is 185 Å². The number of nitro groups is 1. The zero-order valence-electron chi connectivity index (χ0n) is 17.2. The highest BCUT2D eigenvalue weighted by molar-refractivity contribution is 6.01. The summed E-state index contributed by atoms with van der Waals surface area (Å²) in [6, 6.07) is 29.4. The molecule has 4 rings (SSSR count). The standard InChI is InChI=1S/C26H21N3O3/c30-26(19-11-3-1-4-12-19)24(22-16-9-10-18-27-22)25(28-20-13-5-2-6-14-20)21-15-7-8-17-23(21)29(31)32/h1-18,24-25,28H/t24-,25+/m0/s1. The van der Waals surface area contributed by atoms with E-state index in [9.17, 15) is 14.9 Å². The Morgan fingerprint density at radius 3 is 2.09 bits per heavy atom. The SMILES string of the molecule is O=C(c1ccccc1)[C@@H](c1ccccn1)[C@H](Nc1ccccc1)c1ccccc1[N+](=O)[O-]. The van der Waals surface area contributed by atoms with E-state index in [2.05, 4.69) is 10.3 Å². The minimum absolute atomic E-state index is 0.0530. The largest absolute Gasteiger partial charge is 0.377 e. The van der Waals surface area contributed by atoms with Crippen LogP contribution in [0, 0.1) is 10.1 Å². The highest BCUT2D eigenvalue weighted by Gasteiger charge is 2.36. The third-order valence-electron chi connectivity index (χ3n) is 5.24. The molecule has 4 aromatic rings. The Bertz CT molecular complexity index is 1200. The molecular weight excluding hydrogens is 402 g/mol. The molecule has 3 aromatic carbocycles. The van der Waals surface area contributed by atoms with Gasteiger partial charge < -0.3 is 5.32 Å². The number of pyridine rings is 1. The monoisotopic (exact) mass is 423 g/mol. The van der Waals surface area contributed by atoms with Crippen LogP contribution in [0.15, 0.2) is 109 Å². The first-order valence-electron chi connectivity index (χ1n) is 10.2. The number of carbonyl (C=O) groups excluding carboxylic acids is 1. The number of benzene rings is 3. The van der Waals surface area contributed by atoms with Crippen LogP contribution < -0.4 is 5.32 Å². The Hall–Kier alpha value is -4.32. The molecule has 0 saturated carbocycles. The molecule has 6 heteroatoms. The highest BCUT2D eigenvalue weighted by atomic mass is 16.6. The van der Waals surface area contributed by atoms with Crippen molar-refractivity contribution in [2.45, 2.75) is 12.0 Å². The van der Waals surface area contributed by atoms with Crippen LogP contribution in [0.5, 0.6) is 0 Å². The van der Waals surface area contributed by atoms with Crippen molar-refractivity contribution < 1.29 is 9.72 Å². The van der Waals surface area contributed by atoms with Gasteiger partial charge in [0.05, 0.1) is 28.1 Å². The van der Waals surface area contributed by atoms with Gasteiger partial charge in [-0.1, -0.05) is 72.8 Å². The predicted molar refractivity (Wildman–Crippen MR) is 124 cm³/mol. The molecule has 0 saturated heterocycles. The predicted octanol–water partition coefficient (Wildman–Crippen LogP) is 5.81. The first-order valence-corrected chi connectivity index (χ1v) is 10.2. The van der Waals surface area contributed by atoms with Gasteiger partial charge in [0.2, 0.25) is 0 Å². The molecule has 0 spiro atoms. The molecule has 0 aliphatic carbocycles. The van der Waals surface area contributed by atoms with Gasteiger partial charge >= 0.3 is 0 Å². The van der Waals surface area contributed by atoms with Crippen molar-refractivity contribution >= 4 is 17.2 Å². The lowest BCUT2D eigenvalue weighted by Crippen LogP contribution is -2.27. The summed E-state index contributed by atoms with van der Waals surface area (Å²) in [6.07, 6.45) is 1.62. The number of ketones is 1. The van der Waals surface area contributed by atoms with E-state index in [0.717, 1.165) is 5.69 Å². The minimum atomic E-state index is -0.792. The quantitative estimate of drug-likeness (QED) is 0.220. The number of rotatable bonds is 8. The Balaban J connectivity index is 1.91. The van der Waals surface area contributed by atoms with Crippen LogP contribution in [-0.2, 0) is 0 Å². The summed E-state index contributed by atoms with van der Waals surface area (Å²) in [7, 11) is 0. The van der Waals surface area contributed by atoms with Crippen molar-refractivity contribution in [3.8, 4) is 0 Å². The number of hydrogen-bond acceptors (Lipinski definition) is 5. The van der Waals surface area contributed by atoms with E-state index in [1.54, 1.807) is 60.8 Å². The average molecular weight is 423 g/mol. The van der Waals surface area contributed by atoms with Crippen LogP contribution in [0.25, 0.3) is 0 Å². The van der Waals surface area contributed by atoms with Crippen LogP contribution in [-0.4, -0.2) is 15.7 Å². The van der Waals surface area contributed by atoms with Crippen LogP contribution >= 0.6 is 0 Å². The summed E-state index contributed by atoms with van der Waals surface area (Å²) in [5.74, 6) is -0.962. The molecule has 0 bridgehead atoms. The number of nitrogens with one attached hydrogen (secondary N) is 1. The zero-order chi connectivity index (χ0) is 22.3. The fourth-order valence-electron chi connectivity index (χ4n) is 3.77. The molecule has 0 radical (unpaired) electrons. The summed E-state index contributed by atoms with van der Waals surface area (Å²) in [4.78, 5) is 29.7. The molecule has 1 aromatic heterocycles. The molecule has 1 heterocycles. The van der Waals surface area contributed by atoms with E-state index in [1.807, 2.05) is 42.5 Å². The highest BCUT2D eigenvalue weighted by Crippen LogP contribution is 2.39. The van der Waals surface area contributed by atoms with Gasteiger partial charge in [0, 0.05) is 23.5 Å². The maximum Gasteiger partial charge on any atom is 0.274 e. The number of anilines is 1. The van der Waals surface area contributed by atoms with Gasteiger partial charge in [-0.2, -0.15) is 0 Å². The molecule has 6 nitrogen and oxygen atoms in total. The van der Waals surface area contributed by atoms with E-state index in [-0.39, 0.29) is 11.5 Å². The second kappa shape index (κ2) is 9.66. The molecule has 0 fully saturated rings. The van der Waals surface area contributed by atoms with Gasteiger partial charge in [-0.15, -0.1) is 0 Å². The van der Waals surface area contributed by atoms with Crippen molar-refractivity contribution in [2.24, 2.45) is 0 Å². The van der Waals surface area contributed by atoms with Gasteiger partial charge in [-0.25, -0.2) is 0 Å². The molecule has 2 atom stereocenters. The summed E-state index contributed by atoms with van der Waals surface area (Å²) in [6.45, 7) is 0. The van der Waals surface area contributed by atoms with E-state index < -0.39 is 16.9 Å². The van der Waals surface area contributed by atoms with Crippen molar-refractivity contribution in [3.63, 3.8) is 0 Å². The van der Waals surface area contributed by atoms with Crippen molar-refractivity contribution in [1.82, 2.24) is 4.98 Å². The maximum absolute atomic E-state index is 13.8. The summed E-state index contributed by atoms with van der Waals surface area (Å²) in [5.41, 5.74) is 2.16. The number of nitrogens with zero attached hydrogens (tertiary/aromatic N) is 2. The normalized spacial score (nSPS) is 12.5. The number of nitro benzene ring substituents is 1. The minimum Gasteiger partial charge on any atom is -0.377 e. The lowest BCUT2D eigenvalue weighted by molar-refractivity contribution is -0.385. The smallest absolute Gasteiger partial charge is 0.274 e. The van der Waals surface area contributed by atoms with Gasteiger partial charge in [0.15, 0.2) is 5.78 Å². The molecule has 32 heavy (non-hydrogen) atoms. The Morgan fingerprint density at radius 2 is 1.44 bits per heavy atom. The van der Waals surface area contributed by atoms with Crippen LogP contribution in [0.4, 0.5) is 11.4 Å². The topological polar surface area (TPSA) is 85.1 Å². The fraction of sp³-hybridized carbons (Fsp3) is 0.0769. The van der Waals surface area contributed by atoms with Gasteiger partial charge in [0.1, 0.15) is 0 Å². The van der Waals surface area contributed by atoms with Crippen molar-refractivity contribution in [3.05, 3.63) is 136 Å². The second-order valence-corrected chi connectivity index (χ2v) is 7.27. The summed E-state index contributed by atoms with van der Waals surface area (Å²) in [5, 5.41) is 15.2. The molecule has 0 amide bonds. The molecule has 158 valence electrons. The summed E-state index contributed by atoms with van der Waals surface area (Å²) < 4.78 is 0. The van der Waals surface area contributed by atoms with E-state index >= 15 is 0 Å². The van der Waals surface area contributed by atoms with E-state index in [1.165, 1.54) is 6.07 Å². The van der Waals surface area contributed by atoms with Gasteiger partial charge in [-0.3, -0.25) is 19.9 Å². The molecule has 1 N–H and O–H groups in total. The Kier molecular flexibility index (Phi) is 6.32. The van der Waals surface area contributed by atoms with Crippen LogP contribution in [0.3, 0.4) is 0 Å². The molecular formula is C26H21N3O3. The number of para-hydroxylation sites is 2. The number of Topliss-reactive ketones (excluding diaryl/α,β-unsaturated/α-hetero) is 1. The first-order chi connectivity index (χ1) is 15.6. The number of aromatic nitrogens is 1. The third-order valence-corrected chi connectivity index (χ3v) is 5.24. The fourth-order valence-corrected chi connectivity index (χ4v) is 3.77. The average Bonchev–Trinajstić information content (AvgIpc) is 2.85. The van der Waals surface area contributed by atoms with E-state index in [0.29, 0.717) is 16.8 Å². The number of carbonyl (C=O) groups is 1. The van der Waals surface area contributed by atoms with Crippen molar-refractivity contribution in [1.29, 1.82) is 0 Å². The van der Waals surface area contributed by atoms with Crippen LogP contribution in [0.1, 0.15) is 33.6 Å². The van der Waals surface area contributed by atoms with Gasteiger partial charge in [-0.05, 0) is 24.3 Å². The lowest BCUT2D eigenvalue weighted by Gasteiger charge is -2.28. The van der Waals surface area contributed by atoms with E-state index in [4.69, 9.17) is 0 Å². The second-order valence-electron chi connectivity index (χ2n) is 7.27. The van der Waals surface area contributed by atoms with Crippen molar-refractivity contribution in [2.75, 3.05) is 5.32 Å². The van der Waals surface area contributed by atoms with Crippen LogP contribution in [0.2, 0.25) is 0 Å². The Morgan fingerprint density at radius 1 is 0.812 bits per heavy atom. The molecule has 0 unspecified atom stereocenters. The van der Waals surface area contributed by atoms with Gasteiger partial charge in [0.25, 0.3) is 5.69 Å². The molecule has 0 aliphatic rings. The molecule has 0 aliphatic heterocycles. The zero-order valence-corrected chi connectivity index (χ0v) is 17.2. The summed E-state index contributed by atoms with van der Waals surface area (Å²) >= 11 is 0. The first kappa shape index (κ1) is 20.9. The maximum atomic E-state index is 13.8. The lowest BCUT2D eigenvalue weighted by atomic mass is 9.83. The number of hydrogen-bond donors (Lipinski definition) is 1.